The summed E-state index contributed by atoms with van der Waals surface area (Å²) in [6.45, 7) is 11.7. The molecule has 34 heavy (non-hydrogen) atoms. The summed E-state index contributed by atoms with van der Waals surface area (Å²) in [5.74, 6) is -1.95. The molecule has 198 valence electrons. The second-order valence-electron chi connectivity index (χ2n) is 10.6. The lowest BCUT2D eigenvalue weighted by molar-refractivity contribution is -0.139. The Bertz CT molecular complexity index is 800. The number of carbonyl (C=O) groups is 4. The van der Waals surface area contributed by atoms with Crippen LogP contribution in [0.5, 0.6) is 0 Å². The van der Waals surface area contributed by atoms with Gasteiger partial charge in [0.1, 0.15) is 6.04 Å². The van der Waals surface area contributed by atoms with Crippen molar-refractivity contribution in [3.63, 3.8) is 0 Å². The van der Waals surface area contributed by atoms with Crippen LogP contribution in [0.15, 0.2) is 0 Å². The van der Waals surface area contributed by atoms with E-state index in [1.54, 1.807) is 0 Å². The Morgan fingerprint density at radius 3 is 1.91 bits per heavy atom. The zero-order valence-electron chi connectivity index (χ0n) is 21.2. The smallest absolute Gasteiger partial charge is 0.303 e. The van der Waals surface area contributed by atoms with Crippen LogP contribution in [0.2, 0.25) is 0 Å². The van der Waals surface area contributed by atoms with Crippen LogP contribution in [-0.2, 0) is 29.0 Å². The molecule has 0 saturated heterocycles. The molecule has 0 heterocycles. The Morgan fingerprint density at radius 2 is 1.41 bits per heavy atom. The molecular weight excluding hydrogens is 482 g/mol. The van der Waals surface area contributed by atoms with E-state index in [1.807, 2.05) is 41.5 Å². The van der Waals surface area contributed by atoms with Crippen LogP contribution in [0.4, 0.5) is 0 Å². The molecule has 0 unspecified atom stereocenters. The summed E-state index contributed by atoms with van der Waals surface area (Å²) >= 11 is 1.47. The summed E-state index contributed by atoms with van der Waals surface area (Å²) in [5.41, 5.74) is -0.187. The summed E-state index contributed by atoms with van der Waals surface area (Å²) in [5, 5.41) is 16.4. The maximum atomic E-state index is 12.6. The molecule has 0 aliphatic heterocycles. The standard InChI is InChI=1S/C22H41N3O7S2/c1-21(2,3)13-18(27)23-9-11-34(31,32)12-10-24-20(30)16(14-33-15-22(4,5)6)25-17(26)7-8-19(28)29/h16H,7-15H2,1-6H3,(H,23,27)(H,24,30)(H,25,26)(H,28,29)/t16-/m1/s1. The third kappa shape index (κ3) is 18.6. The van der Waals surface area contributed by atoms with E-state index in [9.17, 15) is 27.6 Å². The van der Waals surface area contributed by atoms with Gasteiger partial charge in [0.05, 0.1) is 17.9 Å². The molecule has 0 aromatic heterocycles. The molecular formula is C22H41N3O7S2. The van der Waals surface area contributed by atoms with Crippen molar-refractivity contribution in [1.29, 1.82) is 0 Å². The second kappa shape index (κ2) is 14.6. The molecule has 0 aliphatic rings. The zero-order chi connectivity index (χ0) is 26.6. The van der Waals surface area contributed by atoms with Crippen LogP contribution in [-0.4, -0.2) is 79.4 Å². The van der Waals surface area contributed by atoms with Crippen molar-refractivity contribution >= 4 is 45.3 Å². The van der Waals surface area contributed by atoms with E-state index in [-0.39, 0.29) is 66.3 Å². The van der Waals surface area contributed by atoms with Crippen molar-refractivity contribution < 1.29 is 32.7 Å². The van der Waals surface area contributed by atoms with Gasteiger partial charge in [0.25, 0.3) is 0 Å². The van der Waals surface area contributed by atoms with Crippen LogP contribution in [0.3, 0.4) is 0 Å². The number of carboxylic acids is 1. The van der Waals surface area contributed by atoms with E-state index >= 15 is 0 Å². The number of hydrogen-bond acceptors (Lipinski definition) is 7. The number of hydrogen-bond donors (Lipinski definition) is 4. The minimum Gasteiger partial charge on any atom is -0.481 e. The average Bonchev–Trinajstić information content (AvgIpc) is 2.62. The van der Waals surface area contributed by atoms with Crippen molar-refractivity contribution in [2.24, 2.45) is 10.8 Å². The number of nitrogens with one attached hydrogen (secondary N) is 3. The normalized spacial score (nSPS) is 13.1. The predicted molar refractivity (Wildman–Crippen MR) is 134 cm³/mol. The molecule has 0 radical (unpaired) electrons. The fourth-order valence-corrected chi connectivity index (χ4v) is 4.83. The summed E-state index contributed by atoms with van der Waals surface area (Å²) in [4.78, 5) is 47.1. The highest BCUT2D eigenvalue weighted by Crippen LogP contribution is 2.21. The highest BCUT2D eigenvalue weighted by atomic mass is 32.2. The largest absolute Gasteiger partial charge is 0.481 e. The highest BCUT2D eigenvalue weighted by Gasteiger charge is 2.23. The maximum absolute atomic E-state index is 12.6. The molecule has 1 atom stereocenters. The van der Waals surface area contributed by atoms with Gasteiger partial charge in [0.15, 0.2) is 9.84 Å². The molecule has 0 fully saturated rings. The molecule has 12 heteroatoms. The number of aliphatic carboxylic acids is 1. The zero-order valence-corrected chi connectivity index (χ0v) is 22.8. The minimum atomic E-state index is -3.51. The Kier molecular flexibility index (Phi) is 13.8. The van der Waals surface area contributed by atoms with Crippen molar-refractivity contribution in [3.05, 3.63) is 0 Å². The molecule has 0 spiro atoms. The molecule has 0 bridgehead atoms. The van der Waals surface area contributed by atoms with Gasteiger partial charge in [-0.05, 0) is 16.6 Å². The van der Waals surface area contributed by atoms with E-state index in [0.717, 1.165) is 5.75 Å². The highest BCUT2D eigenvalue weighted by molar-refractivity contribution is 7.99. The van der Waals surface area contributed by atoms with E-state index in [1.165, 1.54) is 11.8 Å². The first-order valence-electron chi connectivity index (χ1n) is 11.2. The van der Waals surface area contributed by atoms with Crippen LogP contribution in [0, 0.1) is 10.8 Å². The first kappa shape index (κ1) is 32.2. The van der Waals surface area contributed by atoms with E-state index in [0.29, 0.717) is 0 Å². The number of thioether (sulfide) groups is 1. The van der Waals surface area contributed by atoms with Gasteiger partial charge >= 0.3 is 5.97 Å². The van der Waals surface area contributed by atoms with Gasteiger partial charge in [-0.15, -0.1) is 0 Å². The quantitative estimate of drug-likeness (QED) is 0.249. The summed E-state index contributed by atoms with van der Waals surface area (Å²) in [6.07, 6.45) is -0.311. The first-order chi connectivity index (χ1) is 15.4. The van der Waals surface area contributed by atoms with E-state index in [4.69, 9.17) is 5.11 Å². The number of carbonyl (C=O) groups excluding carboxylic acids is 3. The molecule has 4 N–H and O–H groups in total. The van der Waals surface area contributed by atoms with Crippen LogP contribution in [0.1, 0.15) is 60.8 Å². The van der Waals surface area contributed by atoms with Crippen molar-refractivity contribution in [2.45, 2.75) is 66.8 Å². The third-order valence-corrected chi connectivity index (χ3v) is 7.47. The number of rotatable bonds is 15. The van der Waals surface area contributed by atoms with Crippen molar-refractivity contribution in [3.8, 4) is 0 Å². The molecule has 0 saturated carbocycles. The Balaban J connectivity index is 4.69. The van der Waals surface area contributed by atoms with Gasteiger partial charge in [-0.1, -0.05) is 41.5 Å². The maximum Gasteiger partial charge on any atom is 0.303 e. The average molecular weight is 524 g/mol. The van der Waals surface area contributed by atoms with Gasteiger partial charge in [-0.2, -0.15) is 11.8 Å². The molecule has 3 amide bonds. The topological polar surface area (TPSA) is 159 Å². The van der Waals surface area contributed by atoms with E-state index in [2.05, 4.69) is 16.0 Å². The van der Waals surface area contributed by atoms with Crippen LogP contribution >= 0.6 is 11.8 Å². The van der Waals surface area contributed by atoms with Crippen molar-refractivity contribution in [2.75, 3.05) is 36.1 Å². The fourth-order valence-electron chi connectivity index (χ4n) is 2.60. The lowest BCUT2D eigenvalue weighted by Gasteiger charge is -2.21. The molecule has 10 nitrogen and oxygen atoms in total. The lowest BCUT2D eigenvalue weighted by atomic mass is 9.92. The van der Waals surface area contributed by atoms with Gasteiger partial charge in [-0.3, -0.25) is 19.2 Å². The molecule has 0 rings (SSSR count). The lowest BCUT2D eigenvalue weighted by Crippen LogP contribution is -2.49. The molecule has 0 aromatic rings. The second-order valence-corrected chi connectivity index (χ2v) is 14.0. The van der Waals surface area contributed by atoms with Crippen LogP contribution < -0.4 is 16.0 Å². The van der Waals surface area contributed by atoms with Gasteiger partial charge in [-0.25, -0.2) is 8.42 Å². The van der Waals surface area contributed by atoms with Gasteiger partial charge < -0.3 is 21.1 Å². The van der Waals surface area contributed by atoms with E-state index < -0.39 is 33.7 Å². The Labute approximate surface area is 207 Å². The summed E-state index contributed by atoms with van der Waals surface area (Å²) in [7, 11) is -3.51. The minimum absolute atomic E-state index is 0.00308. The molecule has 0 aliphatic carbocycles. The Morgan fingerprint density at radius 1 is 0.853 bits per heavy atom. The van der Waals surface area contributed by atoms with Crippen LogP contribution in [0.25, 0.3) is 0 Å². The first-order valence-corrected chi connectivity index (χ1v) is 14.2. The number of carboxylic acid groups (broad SMARTS) is 1. The summed E-state index contributed by atoms with van der Waals surface area (Å²) in [6, 6.07) is -0.909. The van der Waals surface area contributed by atoms with Gasteiger partial charge in [0, 0.05) is 31.7 Å². The predicted octanol–water partition coefficient (Wildman–Crippen LogP) is 1.20. The third-order valence-electron chi connectivity index (χ3n) is 4.18. The van der Waals surface area contributed by atoms with Crippen molar-refractivity contribution in [1.82, 2.24) is 16.0 Å². The SMILES string of the molecule is CC(C)(C)CSC[C@@H](NC(=O)CCC(=O)O)C(=O)NCCS(=O)(=O)CCNC(=O)CC(C)(C)C. The number of sulfone groups is 1. The summed E-state index contributed by atoms with van der Waals surface area (Å²) < 4.78 is 24.5. The fraction of sp³-hybridized carbons (Fsp3) is 0.818. The Hall–Kier alpha value is -1.82. The molecule has 0 aromatic carbocycles. The monoisotopic (exact) mass is 523 g/mol. The number of amides is 3. The van der Waals surface area contributed by atoms with Gasteiger partial charge in [0.2, 0.25) is 17.7 Å².